The van der Waals surface area contributed by atoms with Crippen molar-refractivity contribution < 1.29 is 4.79 Å². The minimum absolute atomic E-state index is 0.136. The third kappa shape index (κ3) is 3.53. The van der Waals surface area contributed by atoms with Crippen LogP contribution in [0, 0.1) is 0 Å². The Kier molecular flexibility index (Phi) is 4.10. The lowest BCUT2D eigenvalue weighted by Crippen LogP contribution is -2.01. The number of rotatable bonds is 2. The molecule has 17 heavy (non-hydrogen) atoms. The van der Waals surface area contributed by atoms with Gasteiger partial charge in [0.25, 0.3) is 0 Å². The fourth-order valence-electron chi connectivity index (χ4n) is 1.67. The van der Waals surface area contributed by atoms with Crippen LogP contribution >= 0.6 is 15.9 Å². The van der Waals surface area contributed by atoms with Crippen LogP contribution in [0.25, 0.3) is 6.08 Å². The molecule has 0 aliphatic heterocycles. The highest BCUT2D eigenvalue weighted by atomic mass is 79.9. The lowest BCUT2D eigenvalue weighted by molar-refractivity contribution is -0.111. The molecule has 1 aromatic carbocycles. The third-order valence-corrected chi connectivity index (χ3v) is 3.15. The van der Waals surface area contributed by atoms with E-state index in [1.165, 1.54) is 0 Å². The summed E-state index contributed by atoms with van der Waals surface area (Å²) in [6, 6.07) is 8.06. The molecule has 0 fully saturated rings. The van der Waals surface area contributed by atoms with Gasteiger partial charge in [0.2, 0.25) is 0 Å². The lowest BCUT2D eigenvalue weighted by Gasteiger charge is -2.04. The molecule has 2 heteroatoms. The van der Waals surface area contributed by atoms with Gasteiger partial charge in [0, 0.05) is 4.47 Å². The zero-order valence-electron chi connectivity index (χ0n) is 9.40. The molecule has 0 heterocycles. The quantitative estimate of drug-likeness (QED) is 0.741. The van der Waals surface area contributed by atoms with Crippen molar-refractivity contribution in [3.63, 3.8) is 0 Å². The van der Waals surface area contributed by atoms with Gasteiger partial charge in [0.1, 0.15) is 0 Å². The predicted octanol–water partition coefficient (Wildman–Crippen LogP) is 4.31. The van der Waals surface area contributed by atoms with Crippen molar-refractivity contribution in [3.8, 4) is 0 Å². The molecule has 1 aromatic rings. The number of hydrogen-bond donors (Lipinski definition) is 0. The van der Waals surface area contributed by atoms with Crippen LogP contribution in [0.1, 0.15) is 18.4 Å². The van der Waals surface area contributed by atoms with Crippen LogP contribution in [0.3, 0.4) is 0 Å². The molecule has 86 valence electrons. The molecule has 0 radical (unpaired) electrons. The molecule has 0 saturated heterocycles. The van der Waals surface area contributed by atoms with Crippen LogP contribution in [0.5, 0.6) is 0 Å². The van der Waals surface area contributed by atoms with Crippen molar-refractivity contribution in [2.45, 2.75) is 12.8 Å². The first-order chi connectivity index (χ1) is 8.25. The number of ketones is 1. The Morgan fingerprint density at radius 2 is 1.94 bits per heavy atom. The normalized spacial score (nSPS) is 18.2. The van der Waals surface area contributed by atoms with E-state index in [-0.39, 0.29) is 5.78 Å². The van der Waals surface area contributed by atoms with Crippen molar-refractivity contribution in [1.82, 2.24) is 0 Å². The summed E-state index contributed by atoms with van der Waals surface area (Å²) < 4.78 is 1.07. The molecular weight excluding hydrogens is 276 g/mol. The predicted molar refractivity (Wildman–Crippen MR) is 74.6 cm³/mol. The highest BCUT2D eigenvalue weighted by Crippen LogP contribution is 2.15. The van der Waals surface area contributed by atoms with E-state index in [0.29, 0.717) is 0 Å². The van der Waals surface area contributed by atoms with Crippen molar-refractivity contribution in [2.75, 3.05) is 0 Å². The number of hydrogen-bond acceptors (Lipinski definition) is 1. The Labute approximate surface area is 110 Å². The molecule has 1 aliphatic carbocycles. The van der Waals surface area contributed by atoms with E-state index < -0.39 is 0 Å². The number of carbonyl (C=O) groups is 1. The van der Waals surface area contributed by atoms with E-state index in [2.05, 4.69) is 15.9 Å². The summed E-state index contributed by atoms with van der Waals surface area (Å²) in [5.41, 5.74) is 2.02. The molecule has 0 amide bonds. The highest BCUT2D eigenvalue weighted by Gasteiger charge is 2.07. The summed E-state index contributed by atoms with van der Waals surface area (Å²) in [5, 5.41) is 0. The maximum Gasteiger partial charge on any atom is 0.181 e. The van der Waals surface area contributed by atoms with Gasteiger partial charge in [-0.15, -0.1) is 0 Å². The number of halogens is 1. The summed E-state index contributed by atoms with van der Waals surface area (Å²) in [6.45, 7) is 0. The summed E-state index contributed by atoms with van der Waals surface area (Å²) in [4.78, 5) is 11.5. The molecule has 1 aliphatic rings. The molecule has 0 spiro atoms. The van der Waals surface area contributed by atoms with Gasteiger partial charge in [-0.05, 0) is 42.2 Å². The van der Waals surface area contributed by atoms with Gasteiger partial charge in [0.15, 0.2) is 5.78 Å². The van der Waals surface area contributed by atoms with Crippen molar-refractivity contribution >= 4 is 27.8 Å². The second kappa shape index (κ2) is 5.78. The standard InChI is InChI=1S/C15H13BrO/c16-14-10-8-12(9-11-14)4-3-6-13-5-1-2-7-15(13)17/h2-4,6-11H,1,5H2/b4-3+,13-6+. The van der Waals surface area contributed by atoms with Crippen molar-refractivity contribution in [1.29, 1.82) is 0 Å². The van der Waals surface area contributed by atoms with Crippen molar-refractivity contribution in [2.24, 2.45) is 0 Å². The van der Waals surface area contributed by atoms with Crippen LogP contribution in [0.15, 0.2) is 58.6 Å². The molecule has 2 rings (SSSR count). The number of allylic oxidation sites excluding steroid dienone is 5. The van der Waals surface area contributed by atoms with Gasteiger partial charge >= 0.3 is 0 Å². The second-order valence-corrected chi connectivity index (χ2v) is 4.82. The van der Waals surface area contributed by atoms with Crippen LogP contribution in [0.2, 0.25) is 0 Å². The molecular formula is C15H13BrO. The molecule has 0 bridgehead atoms. The van der Waals surface area contributed by atoms with Gasteiger partial charge in [-0.3, -0.25) is 4.79 Å². The zero-order valence-corrected chi connectivity index (χ0v) is 11.0. The molecule has 0 atom stereocenters. The van der Waals surface area contributed by atoms with Crippen molar-refractivity contribution in [3.05, 3.63) is 64.2 Å². The second-order valence-electron chi connectivity index (χ2n) is 3.91. The summed E-state index contributed by atoms with van der Waals surface area (Å²) in [6.07, 6.45) is 11.2. The Morgan fingerprint density at radius 3 is 2.65 bits per heavy atom. The topological polar surface area (TPSA) is 17.1 Å². The Balaban J connectivity index is 2.06. The van der Waals surface area contributed by atoms with E-state index in [4.69, 9.17) is 0 Å². The Hall–Kier alpha value is -1.41. The average Bonchev–Trinajstić information content (AvgIpc) is 2.34. The fraction of sp³-hybridized carbons (Fsp3) is 0.133. The van der Waals surface area contributed by atoms with Crippen LogP contribution < -0.4 is 0 Å². The molecule has 0 saturated carbocycles. The average molecular weight is 289 g/mol. The van der Waals surface area contributed by atoms with Gasteiger partial charge < -0.3 is 0 Å². The SMILES string of the molecule is O=C1C=CCC/C1=C\C=C\c1ccc(Br)cc1. The van der Waals surface area contributed by atoms with E-state index >= 15 is 0 Å². The highest BCUT2D eigenvalue weighted by molar-refractivity contribution is 9.10. The van der Waals surface area contributed by atoms with Gasteiger partial charge in [-0.2, -0.15) is 0 Å². The Bertz CT molecular complexity index is 492. The third-order valence-electron chi connectivity index (χ3n) is 2.62. The van der Waals surface area contributed by atoms with Crippen LogP contribution in [0.4, 0.5) is 0 Å². The number of benzene rings is 1. The lowest BCUT2D eigenvalue weighted by atomic mass is 9.99. The van der Waals surface area contributed by atoms with Crippen LogP contribution in [-0.2, 0) is 4.79 Å². The van der Waals surface area contributed by atoms with E-state index in [0.717, 1.165) is 28.5 Å². The van der Waals surface area contributed by atoms with E-state index in [9.17, 15) is 4.79 Å². The Morgan fingerprint density at radius 1 is 1.18 bits per heavy atom. The first-order valence-corrected chi connectivity index (χ1v) is 6.39. The minimum Gasteiger partial charge on any atom is -0.290 e. The smallest absolute Gasteiger partial charge is 0.181 e. The van der Waals surface area contributed by atoms with Gasteiger partial charge in [0.05, 0.1) is 0 Å². The largest absolute Gasteiger partial charge is 0.290 e. The monoisotopic (exact) mass is 288 g/mol. The number of carbonyl (C=O) groups excluding carboxylic acids is 1. The molecule has 0 unspecified atom stereocenters. The summed E-state index contributed by atoms with van der Waals surface area (Å²) in [7, 11) is 0. The van der Waals surface area contributed by atoms with E-state index in [1.807, 2.05) is 48.6 Å². The summed E-state index contributed by atoms with van der Waals surface area (Å²) in [5.74, 6) is 0.136. The van der Waals surface area contributed by atoms with E-state index in [1.54, 1.807) is 6.08 Å². The molecule has 0 N–H and O–H groups in total. The first-order valence-electron chi connectivity index (χ1n) is 5.59. The first kappa shape index (κ1) is 12.1. The zero-order chi connectivity index (χ0) is 12.1. The molecule has 0 aromatic heterocycles. The maximum atomic E-state index is 11.5. The van der Waals surface area contributed by atoms with Gasteiger partial charge in [-0.1, -0.05) is 52.4 Å². The fourth-order valence-corrected chi connectivity index (χ4v) is 1.94. The molecule has 1 nitrogen and oxygen atoms in total. The minimum atomic E-state index is 0.136. The summed E-state index contributed by atoms with van der Waals surface area (Å²) >= 11 is 3.40. The maximum absolute atomic E-state index is 11.5. The van der Waals surface area contributed by atoms with Crippen LogP contribution in [-0.4, -0.2) is 5.78 Å². The van der Waals surface area contributed by atoms with Gasteiger partial charge in [-0.25, -0.2) is 0 Å².